The molecule has 0 aliphatic carbocycles. The highest BCUT2D eigenvalue weighted by molar-refractivity contribution is 7.89. The maximum absolute atomic E-state index is 11.7. The molecule has 8 nitrogen and oxygen atoms in total. The standard InChI is InChI=1S/C9H12N2O6S/c1-6(12)5-10-18(16,17)7-2-3-9(13)8(4-7)11(14)15/h2-4,6,10,12-13H,5H2,1H3/t6-/m0/s1. The Morgan fingerprint density at radius 1 is 1.50 bits per heavy atom. The molecule has 0 saturated heterocycles. The summed E-state index contributed by atoms with van der Waals surface area (Å²) in [6.45, 7) is 1.18. The monoisotopic (exact) mass is 276 g/mol. The molecule has 0 fully saturated rings. The number of aliphatic hydroxyl groups is 1. The van der Waals surface area contributed by atoms with Gasteiger partial charge < -0.3 is 10.2 Å². The number of nitro groups is 1. The van der Waals surface area contributed by atoms with E-state index < -0.39 is 32.5 Å². The number of benzene rings is 1. The molecule has 0 unspecified atom stereocenters. The van der Waals surface area contributed by atoms with Crippen LogP contribution in [0.25, 0.3) is 0 Å². The van der Waals surface area contributed by atoms with Gasteiger partial charge in [0.25, 0.3) is 0 Å². The Bertz CT molecular complexity index is 554. The molecule has 0 radical (unpaired) electrons. The zero-order valence-electron chi connectivity index (χ0n) is 9.40. The fraction of sp³-hybridized carbons (Fsp3) is 0.333. The van der Waals surface area contributed by atoms with Crippen LogP contribution >= 0.6 is 0 Å². The van der Waals surface area contributed by atoms with Gasteiger partial charge in [0, 0.05) is 12.6 Å². The maximum atomic E-state index is 11.7. The highest BCUT2D eigenvalue weighted by atomic mass is 32.2. The van der Waals surface area contributed by atoms with E-state index in [9.17, 15) is 23.6 Å². The Balaban J connectivity index is 3.10. The number of aliphatic hydroxyl groups excluding tert-OH is 1. The lowest BCUT2D eigenvalue weighted by Gasteiger charge is -2.08. The summed E-state index contributed by atoms with van der Waals surface area (Å²) in [5.41, 5.74) is -0.699. The lowest BCUT2D eigenvalue weighted by atomic mass is 10.3. The molecule has 1 aromatic rings. The molecule has 0 amide bonds. The van der Waals surface area contributed by atoms with Crippen molar-refractivity contribution in [2.75, 3.05) is 6.54 Å². The van der Waals surface area contributed by atoms with Gasteiger partial charge in [-0.1, -0.05) is 0 Å². The number of hydrogen-bond donors (Lipinski definition) is 3. The second-order valence-corrected chi connectivity index (χ2v) is 5.38. The van der Waals surface area contributed by atoms with Gasteiger partial charge in [-0.25, -0.2) is 13.1 Å². The van der Waals surface area contributed by atoms with Crippen molar-refractivity contribution in [2.24, 2.45) is 0 Å². The summed E-state index contributed by atoms with van der Waals surface area (Å²) in [6.07, 6.45) is -0.883. The summed E-state index contributed by atoms with van der Waals surface area (Å²) in [6, 6.07) is 2.71. The van der Waals surface area contributed by atoms with Crippen molar-refractivity contribution in [3.8, 4) is 5.75 Å². The Labute approximate surface area is 103 Å². The third-order valence-corrected chi connectivity index (χ3v) is 3.44. The van der Waals surface area contributed by atoms with Crippen LogP contribution in [0.5, 0.6) is 5.75 Å². The lowest BCUT2D eigenvalue weighted by Crippen LogP contribution is -2.30. The van der Waals surface area contributed by atoms with E-state index in [1.165, 1.54) is 6.92 Å². The largest absolute Gasteiger partial charge is 0.502 e. The fourth-order valence-electron chi connectivity index (χ4n) is 1.13. The third-order valence-electron chi connectivity index (χ3n) is 2.02. The molecule has 0 aromatic heterocycles. The first-order valence-corrected chi connectivity index (χ1v) is 6.37. The number of hydrogen-bond acceptors (Lipinski definition) is 6. The molecule has 18 heavy (non-hydrogen) atoms. The minimum absolute atomic E-state index is 0.211. The average molecular weight is 276 g/mol. The Hall–Kier alpha value is -1.71. The summed E-state index contributed by atoms with van der Waals surface area (Å²) in [5.74, 6) is -0.616. The van der Waals surface area contributed by atoms with Crippen LogP contribution in [0.15, 0.2) is 23.1 Å². The van der Waals surface area contributed by atoms with Crippen molar-refractivity contribution < 1.29 is 23.6 Å². The number of nitro benzene ring substituents is 1. The zero-order chi connectivity index (χ0) is 13.9. The van der Waals surface area contributed by atoms with E-state index in [2.05, 4.69) is 4.72 Å². The van der Waals surface area contributed by atoms with Gasteiger partial charge in [-0.05, 0) is 19.1 Å². The fourth-order valence-corrected chi connectivity index (χ4v) is 2.27. The molecule has 0 aliphatic heterocycles. The van der Waals surface area contributed by atoms with Crippen LogP contribution in [0.2, 0.25) is 0 Å². The van der Waals surface area contributed by atoms with Gasteiger partial charge in [0.05, 0.1) is 15.9 Å². The normalized spacial score (nSPS) is 13.2. The van der Waals surface area contributed by atoms with Gasteiger partial charge in [-0.2, -0.15) is 0 Å². The van der Waals surface area contributed by atoms with Crippen LogP contribution in [-0.2, 0) is 10.0 Å². The third kappa shape index (κ3) is 3.39. The molecule has 100 valence electrons. The van der Waals surface area contributed by atoms with Crippen molar-refractivity contribution in [1.29, 1.82) is 0 Å². The molecule has 1 aromatic carbocycles. The summed E-state index contributed by atoms with van der Waals surface area (Å²) < 4.78 is 25.5. The number of rotatable bonds is 5. The van der Waals surface area contributed by atoms with Crippen molar-refractivity contribution >= 4 is 15.7 Å². The van der Waals surface area contributed by atoms with E-state index in [1.54, 1.807) is 0 Å². The van der Waals surface area contributed by atoms with Crippen molar-refractivity contribution in [3.63, 3.8) is 0 Å². The van der Waals surface area contributed by atoms with E-state index in [1.807, 2.05) is 0 Å². The Morgan fingerprint density at radius 2 is 2.11 bits per heavy atom. The van der Waals surface area contributed by atoms with Gasteiger partial charge in [-0.3, -0.25) is 10.1 Å². The van der Waals surface area contributed by atoms with Crippen molar-refractivity contribution in [1.82, 2.24) is 4.72 Å². The first-order valence-electron chi connectivity index (χ1n) is 4.89. The number of nitrogens with zero attached hydrogens (tertiary/aromatic N) is 1. The lowest BCUT2D eigenvalue weighted by molar-refractivity contribution is -0.386. The molecule has 0 heterocycles. The number of phenols is 1. The Morgan fingerprint density at radius 3 is 2.61 bits per heavy atom. The van der Waals surface area contributed by atoms with Crippen LogP contribution in [-0.4, -0.2) is 36.2 Å². The predicted molar refractivity (Wildman–Crippen MR) is 61.6 cm³/mol. The predicted octanol–water partition coefficient (Wildman–Crippen LogP) is -0.0405. The van der Waals surface area contributed by atoms with E-state index in [0.29, 0.717) is 0 Å². The second kappa shape index (κ2) is 5.29. The summed E-state index contributed by atoms with van der Waals surface area (Å²) >= 11 is 0. The number of aromatic hydroxyl groups is 1. The average Bonchev–Trinajstić information content (AvgIpc) is 2.26. The summed E-state index contributed by atoms with van der Waals surface area (Å²) in [7, 11) is -3.95. The molecule has 1 rings (SSSR count). The molecular formula is C9H12N2O6S. The van der Waals surface area contributed by atoms with E-state index in [4.69, 9.17) is 5.11 Å². The summed E-state index contributed by atoms with van der Waals surface area (Å²) in [4.78, 5) is 9.32. The van der Waals surface area contributed by atoms with Gasteiger partial charge in [0.15, 0.2) is 5.75 Å². The van der Waals surface area contributed by atoms with Crippen LogP contribution < -0.4 is 4.72 Å². The molecule has 1 atom stereocenters. The SMILES string of the molecule is C[C@H](O)CNS(=O)(=O)c1ccc(O)c([N+](=O)[O-])c1. The zero-order valence-corrected chi connectivity index (χ0v) is 10.2. The maximum Gasteiger partial charge on any atom is 0.312 e. The molecule has 0 aliphatic rings. The highest BCUT2D eigenvalue weighted by Gasteiger charge is 2.21. The van der Waals surface area contributed by atoms with Gasteiger partial charge in [0.2, 0.25) is 10.0 Å². The second-order valence-electron chi connectivity index (χ2n) is 3.61. The van der Waals surface area contributed by atoms with Crippen molar-refractivity contribution in [2.45, 2.75) is 17.9 Å². The topological polar surface area (TPSA) is 130 Å². The Kier molecular flexibility index (Phi) is 4.22. The first-order chi connectivity index (χ1) is 8.24. The molecule has 0 bridgehead atoms. The highest BCUT2D eigenvalue weighted by Crippen LogP contribution is 2.27. The molecular weight excluding hydrogens is 264 g/mol. The van der Waals surface area contributed by atoms with Crippen LogP contribution in [0.1, 0.15) is 6.92 Å². The van der Waals surface area contributed by atoms with Gasteiger partial charge in [-0.15, -0.1) is 0 Å². The minimum atomic E-state index is -3.95. The summed E-state index contributed by atoms with van der Waals surface area (Å²) in [5, 5.41) is 28.7. The quantitative estimate of drug-likeness (QED) is 0.511. The number of nitrogens with one attached hydrogen (secondary N) is 1. The van der Waals surface area contributed by atoms with Crippen LogP contribution in [0, 0.1) is 10.1 Å². The van der Waals surface area contributed by atoms with Crippen LogP contribution in [0.4, 0.5) is 5.69 Å². The van der Waals surface area contributed by atoms with E-state index >= 15 is 0 Å². The first kappa shape index (κ1) is 14.4. The molecule has 3 N–H and O–H groups in total. The molecule has 0 spiro atoms. The number of phenolic OH excluding ortho intramolecular Hbond substituents is 1. The smallest absolute Gasteiger partial charge is 0.312 e. The van der Waals surface area contributed by atoms with Crippen LogP contribution in [0.3, 0.4) is 0 Å². The number of sulfonamides is 1. The molecule has 0 saturated carbocycles. The minimum Gasteiger partial charge on any atom is -0.502 e. The van der Waals surface area contributed by atoms with E-state index in [0.717, 1.165) is 18.2 Å². The van der Waals surface area contributed by atoms with Crippen molar-refractivity contribution in [3.05, 3.63) is 28.3 Å². The van der Waals surface area contributed by atoms with Gasteiger partial charge >= 0.3 is 5.69 Å². The van der Waals surface area contributed by atoms with E-state index in [-0.39, 0.29) is 11.4 Å². The molecule has 9 heteroatoms. The van der Waals surface area contributed by atoms with Gasteiger partial charge in [0.1, 0.15) is 0 Å².